The van der Waals surface area contributed by atoms with Crippen LogP contribution in [0, 0.1) is 0 Å². The maximum Gasteiger partial charge on any atom is 0.277 e. The third-order valence-corrected chi connectivity index (χ3v) is 2.96. The fourth-order valence-corrected chi connectivity index (χ4v) is 2.10. The van der Waals surface area contributed by atoms with Gasteiger partial charge in [0.2, 0.25) is 5.91 Å². The molecule has 1 aromatic carbocycles. The smallest absolute Gasteiger partial charge is 0.277 e. The highest BCUT2D eigenvalue weighted by molar-refractivity contribution is 6.02. The molecule has 0 aromatic heterocycles. The summed E-state index contributed by atoms with van der Waals surface area (Å²) in [5, 5.41) is 4.11. The van der Waals surface area contributed by atoms with Crippen LogP contribution in [0.15, 0.2) is 18.2 Å². The van der Waals surface area contributed by atoms with Crippen molar-refractivity contribution in [1.29, 1.82) is 0 Å². The average molecular weight is 232 g/mol. The fraction of sp³-hybridized carbons (Fsp3) is 0.333. The Morgan fingerprint density at radius 1 is 1.41 bits per heavy atom. The first-order chi connectivity index (χ1) is 8.24. The van der Waals surface area contributed by atoms with Crippen LogP contribution in [0.1, 0.15) is 22.3 Å². The van der Waals surface area contributed by atoms with Gasteiger partial charge in [0.25, 0.3) is 5.91 Å². The van der Waals surface area contributed by atoms with Crippen LogP contribution in [0.25, 0.3) is 0 Å². The van der Waals surface area contributed by atoms with Gasteiger partial charge in [-0.15, -0.1) is 0 Å². The van der Waals surface area contributed by atoms with Gasteiger partial charge in [-0.05, 0) is 24.1 Å². The van der Waals surface area contributed by atoms with E-state index in [0.29, 0.717) is 25.1 Å². The quantitative estimate of drug-likeness (QED) is 0.784. The predicted octanol–water partition coefficient (Wildman–Crippen LogP) is 0.959. The first-order valence-corrected chi connectivity index (χ1v) is 5.61. The van der Waals surface area contributed by atoms with E-state index >= 15 is 0 Å². The van der Waals surface area contributed by atoms with Gasteiger partial charge < -0.3 is 5.32 Å². The maximum atomic E-state index is 12.0. The van der Waals surface area contributed by atoms with E-state index in [2.05, 4.69) is 5.32 Å². The van der Waals surface area contributed by atoms with E-state index in [1.165, 1.54) is 5.06 Å². The molecule has 88 valence electrons. The number of amides is 2. The van der Waals surface area contributed by atoms with Crippen LogP contribution in [-0.2, 0) is 16.1 Å². The zero-order valence-corrected chi connectivity index (χ0v) is 9.23. The lowest BCUT2D eigenvalue weighted by Gasteiger charge is -2.14. The summed E-state index contributed by atoms with van der Waals surface area (Å²) in [6.45, 7) is 1.22. The van der Waals surface area contributed by atoms with Gasteiger partial charge in [0.15, 0.2) is 0 Å². The van der Waals surface area contributed by atoms with Crippen LogP contribution in [-0.4, -0.2) is 30.0 Å². The minimum atomic E-state index is -0.147. The number of rotatable bonds is 1. The summed E-state index contributed by atoms with van der Waals surface area (Å²) < 4.78 is 0. The van der Waals surface area contributed by atoms with Crippen molar-refractivity contribution in [3.05, 3.63) is 29.3 Å². The SMILES string of the molecule is O=C1Cc2ccc(C(=O)N3CCCO3)cc2N1. The van der Waals surface area contributed by atoms with E-state index < -0.39 is 0 Å². The minimum absolute atomic E-state index is 0.0259. The van der Waals surface area contributed by atoms with Crippen molar-refractivity contribution < 1.29 is 14.4 Å². The number of hydrogen-bond acceptors (Lipinski definition) is 3. The van der Waals surface area contributed by atoms with Crippen molar-refractivity contribution >= 4 is 17.5 Å². The zero-order chi connectivity index (χ0) is 11.8. The number of nitrogens with zero attached hydrogens (tertiary/aromatic N) is 1. The Hall–Kier alpha value is -1.88. The molecule has 5 nitrogen and oxygen atoms in total. The molecule has 0 radical (unpaired) electrons. The molecule has 2 aliphatic rings. The lowest BCUT2D eigenvalue weighted by atomic mass is 10.1. The van der Waals surface area contributed by atoms with Gasteiger partial charge >= 0.3 is 0 Å². The molecular formula is C12H12N2O3. The van der Waals surface area contributed by atoms with Crippen molar-refractivity contribution in [2.24, 2.45) is 0 Å². The van der Waals surface area contributed by atoms with E-state index in [-0.39, 0.29) is 11.8 Å². The fourth-order valence-electron chi connectivity index (χ4n) is 2.10. The molecule has 5 heteroatoms. The Kier molecular flexibility index (Phi) is 2.33. The largest absolute Gasteiger partial charge is 0.326 e. The second kappa shape index (κ2) is 3.85. The van der Waals surface area contributed by atoms with Gasteiger partial charge in [-0.25, -0.2) is 5.06 Å². The normalized spacial score (nSPS) is 18.1. The second-order valence-electron chi connectivity index (χ2n) is 4.19. The molecule has 17 heavy (non-hydrogen) atoms. The molecule has 1 N–H and O–H groups in total. The molecule has 0 aliphatic carbocycles. The first-order valence-electron chi connectivity index (χ1n) is 5.61. The molecular weight excluding hydrogens is 220 g/mol. The summed E-state index contributed by atoms with van der Waals surface area (Å²) in [5.74, 6) is -0.173. The molecule has 0 atom stereocenters. The van der Waals surface area contributed by atoms with Crippen LogP contribution in [0.3, 0.4) is 0 Å². The summed E-state index contributed by atoms with van der Waals surface area (Å²) >= 11 is 0. The number of nitrogens with one attached hydrogen (secondary N) is 1. The summed E-state index contributed by atoms with van der Waals surface area (Å²) in [5.41, 5.74) is 2.22. The van der Waals surface area contributed by atoms with Crippen molar-refractivity contribution in [2.45, 2.75) is 12.8 Å². The third kappa shape index (κ3) is 1.78. The van der Waals surface area contributed by atoms with Gasteiger partial charge in [0, 0.05) is 11.3 Å². The van der Waals surface area contributed by atoms with Gasteiger partial charge in [-0.1, -0.05) is 6.07 Å². The Morgan fingerprint density at radius 2 is 2.29 bits per heavy atom. The van der Waals surface area contributed by atoms with Gasteiger partial charge in [-0.2, -0.15) is 0 Å². The lowest BCUT2D eigenvalue weighted by molar-refractivity contribution is -0.115. The highest BCUT2D eigenvalue weighted by Gasteiger charge is 2.23. The Bertz CT molecular complexity index is 493. The Balaban J connectivity index is 1.87. The number of carbonyl (C=O) groups excluding carboxylic acids is 2. The van der Waals surface area contributed by atoms with Crippen LogP contribution in [0.5, 0.6) is 0 Å². The van der Waals surface area contributed by atoms with Crippen LogP contribution >= 0.6 is 0 Å². The monoisotopic (exact) mass is 232 g/mol. The standard InChI is InChI=1S/C12H12N2O3/c15-11-7-8-2-3-9(6-10(8)13-11)12(16)14-4-1-5-17-14/h2-3,6H,1,4-5,7H2,(H,13,15). The molecule has 2 heterocycles. The van der Waals surface area contributed by atoms with Crippen LogP contribution < -0.4 is 5.32 Å². The third-order valence-electron chi connectivity index (χ3n) is 2.96. The summed E-state index contributed by atoms with van der Waals surface area (Å²) in [6, 6.07) is 5.27. The van der Waals surface area contributed by atoms with Gasteiger partial charge in [0.05, 0.1) is 19.6 Å². The van der Waals surface area contributed by atoms with E-state index in [0.717, 1.165) is 17.7 Å². The number of carbonyl (C=O) groups is 2. The van der Waals surface area contributed by atoms with Crippen molar-refractivity contribution in [3.8, 4) is 0 Å². The molecule has 0 saturated carbocycles. The van der Waals surface area contributed by atoms with Crippen LogP contribution in [0.2, 0.25) is 0 Å². The molecule has 2 amide bonds. The molecule has 0 bridgehead atoms. The minimum Gasteiger partial charge on any atom is -0.326 e. The predicted molar refractivity (Wildman–Crippen MR) is 60.4 cm³/mol. The van der Waals surface area contributed by atoms with E-state index in [4.69, 9.17) is 4.84 Å². The van der Waals surface area contributed by atoms with Gasteiger partial charge in [0.1, 0.15) is 0 Å². The van der Waals surface area contributed by atoms with Gasteiger partial charge in [-0.3, -0.25) is 14.4 Å². The number of benzene rings is 1. The van der Waals surface area contributed by atoms with Crippen LogP contribution in [0.4, 0.5) is 5.69 Å². The number of hydroxylamine groups is 2. The molecule has 0 spiro atoms. The summed E-state index contributed by atoms with van der Waals surface area (Å²) in [6.07, 6.45) is 1.26. The van der Waals surface area contributed by atoms with E-state index in [1.807, 2.05) is 6.07 Å². The number of anilines is 1. The number of fused-ring (bicyclic) bond motifs is 1. The zero-order valence-electron chi connectivity index (χ0n) is 9.23. The summed E-state index contributed by atoms with van der Waals surface area (Å²) in [7, 11) is 0. The summed E-state index contributed by atoms with van der Waals surface area (Å²) in [4.78, 5) is 28.4. The van der Waals surface area contributed by atoms with Crippen molar-refractivity contribution in [1.82, 2.24) is 5.06 Å². The average Bonchev–Trinajstić information content (AvgIpc) is 2.94. The van der Waals surface area contributed by atoms with Crippen molar-refractivity contribution in [3.63, 3.8) is 0 Å². The topological polar surface area (TPSA) is 58.6 Å². The molecule has 1 aromatic rings. The Morgan fingerprint density at radius 3 is 3.06 bits per heavy atom. The molecule has 2 aliphatic heterocycles. The maximum absolute atomic E-state index is 12.0. The molecule has 1 fully saturated rings. The Labute approximate surface area is 98.3 Å². The molecule has 3 rings (SSSR count). The van der Waals surface area contributed by atoms with E-state index in [9.17, 15) is 9.59 Å². The number of hydrogen-bond donors (Lipinski definition) is 1. The van der Waals surface area contributed by atoms with E-state index in [1.54, 1.807) is 12.1 Å². The second-order valence-corrected chi connectivity index (χ2v) is 4.19. The highest BCUT2D eigenvalue weighted by Crippen LogP contribution is 2.25. The first kappa shape index (κ1) is 10.3. The molecule has 1 saturated heterocycles. The highest BCUT2D eigenvalue weighted by atomic mass is 16.7. The van der Waals surface area contributed by atoms with Crippen molar-refractivity contribution in [2.75, 3.05) is 18.5 Å². The lowest BCUT2D eigenvalue weighted by Crippen LogP contribution is -2.26. The molecule has 0 unspecified atom stereocenters.